The minimum atomic E-state index is -0.185. The minimum absolute atomic E-state index is 0.0179. The van der Waals surface area contributed by atoms with E-state index in [1.165, 1.54) is 6.07 Å². The highest BCUT2D eigenvalue weighted by molar-refractivity contribution is 5.22. The first-order chi connectivity index (χ1) is 9.85. The Hall–Kier alpha value is -0.930. The Morgan fingerprint density at radius 3 is 2.10 bits per heavy atom. The lowest BCUT2D eigenvalue weighted by atomic mass is 9.94. The number of hydrogen-bond acceptors (Lipinski definition) is 2. The third-order valence-electron chi connectivity index (χ3n) is 3.66. The normalized spacial score (nSPS) is 15.0. The van der Waals surface area contributed by atoms with Gasteiger partial charge in [0.25, 0.3) is 0 Å². The number of nitrogens with zero attached hydrogens (tertiary/aromatic N) is 1. The highest BCUT2D eigenvalue weighted by Crippen LogP contribution is 2.27. The maximum atomic E-state index is 13.6. The summed E-state index contributed by atoms with van der Waals surface area (Å²) >= 11 is 0. The maximum Gasteiger partial charge on any atom is 0.123 e. The molecule has 0 amide bonds. The van der Waals surface area contributed by atoms with Crippen molar-refractivity contribution in [2.24, 2.45) is 17.6 Å². The SMILES string of the molecule is CCC(N)C(c1cccc(F)c1)N(CC(C)C)CC(C)C. The van der Waals surface area contributed by atoms with Crippen molar-refractivity contribution in [3.63, 3.8) is 0 Å². The summed E-state index contributed by atoms with van der Waals surface area (Å²) in [7, 11) is 0. The van der Waals surface area contributed by atoms with Gasteiger partial charge in [-0.25, -0.2) is 4.39 Å². The Labute approximate surface area is 129 Å². The van der Waals surface area contributed by atoms with Crippen molar-refractivity contribution >= 4 is 0 Å². The molecule has 1 aromatic rings. The van der Waals surface area contributed by atoms with Crippen LogP contribution in [-0.2, 0) is 0 Å². The van der Waals surface area contributed by atoms with Crippen molar-refractivity contribution < 1.29 is 4.39 Å². The lowest BCUT2D eigenvalue weighted by molar-refractivity contribution is 0.134. The molecular formula is C18H31FN2. The fraction of sp³-hybridized carbons (Fsp3) is 0.667. The summed E-state index contributed by atoms with van der Waals surface area (Å²) in [6.45, 7) is 12.9. The molecule has 21 heavy (non-hydrogen) atoms. The standard InChI is InChI=1S/C18H31FN2/c1-6-17(20)18(15-8-7-9-16(19)10-15)21(11-13(2)3)12-14(4)5/h7-10,13-14,17-18H,6,11-12,20H2,1-5H3. The zero-order valence-corrected chi connectivity index (χ0v) is 14.1. The van der Waals surface area contributed by atoms with Crippen LogP contribution in [0.2, 0.25) is 0 Å². The van der Waals surface area contributed by atoms with Crippen molar-refractivity contribution in [1.82, 2.24) is 4.90 Å². The Morgan fingerprint density at radius 2 is 1.67 bits per heavy atom. The summed E-state index contributed by atoms with van der Waals surface area (Å²) in [5.41, 5.74) is 7.38. The second kappa shape index (κ2) is 8.50. The fourth-order valence-electron chi connectivity index (χ4n) is 2.88. The van der Waals surface area contributed by atoms with E-state index in [4.69, 9.17) is 5.73 Å². The molecule has 0 radical (unpaired) electrons. The van der Waals surface area contributed by atoms with E-state index in [-0.39, 0.29) is 17.9 Å². The van der Waals surface area contributed by atoms with Gasteiger partial charge in [0.15, 0.2) is 0 Å². The van der Waals surface area contributed by atoms with Crippen LogP contribution >= 0.6 is 0 Å². The van der Waals surface area contributed by atoms with Gasteiger partial charge in [-0.15, -0.1) is 0 Å². The molecule has 1 aromatic carbocycles. The molecule has 0 bridgehead atoms. The van der Waals surface area contributed by atoms with E-state index in [1.807, 2.05) is 6.07 Å². The fourth-order valence-corrected chi connectivity index (χ4v) is 2.88. The van der Waals surface area contributed by atoms with Gasteiger partial charge in [0.05, 0.1) is 0 Å². The molecule has 0 aliphatic heterocycles. The minimum Gasteiger partial charge on any atom is -0.326 e. The van der Waals surface area contributed by atoms with E-state index in [9.17, 15) is 4.39 Å². The zero-order valence-electron chi connectivity index (χ0n) is 14.1. The van der Waals surface area contributed by atoms with E-state index in [2.05, 4.69) is 39.5 Å². The topological polar surface area (TPSA) is 29.3 Å². The van der Waals surface area contributed by atoms with Gasteiger partial charge in [-0.05, 0) is 36.0 Å². The van der Waals surface area contributed by atoms with E-state index in [0.29, 0.717) is 11.8 Å². The average molecular weight is 294 g/mol. The molecule has 2 N–H and O–H groups in total. The van der Waals surface area contributed by atoms with Crippen molar-refractivity contribution in [3.05, 3.63) is 35.6 Å². The molecule has 0 aliphatic rings. The van der Waals surface area contributed by atoms with E-state index >= 15 is 0 Å². The van der Waals surface area contributed by atoms with Crippen LogP contribution in [0.3, 0.4) is 0 Å². The molecule has 1 rings (SSSR count). The van der Waals surface area contributed by atoms with Gasteiger partial charge < -0.3 is 5.73 Å². The third kappa shape index (κ3) is 5.76. The molecule has 2 nitrogen and oxygen atoms in total. The largest absolute Gasteiger partial charge is 0.326 e. The number of nitrogens with two attached hydrogens (primary N) is 1. The van der Waals surface area contributed by atoms with E-state index < -0.39 is 0 Å². The van der Waals surface area contributed by atoms with E-state index in [0.717, 1.165) is 25.1 Å². The highest BCUT2D eigenvalue weighted by atomic mass is 19.1. The molecule has 120 valence electrons. The molecule has 2 unspecified atom stereocenters. The van der Waals surface area contributed by atoms with Crippen LogP contribution in [0.5, 0.6) is 0 Å². The summed E-state index contributed by atoms with van der Waals surface area (Å²) in [4.78, 5) is 2.43. The summed E-state index contributed by atoms with van der Waals surface area (Å²) < 4.78 is 13.6. The van der Waals surface area contributed by atoms with Crippen LogP contribution in [0.15, 0.2) is 24.3 Å². The van der Waals surface area contributed by atoms with Crippen LogP contribution in [0.4, 0.5) is 4.39 Å². The Balaban J connectivity index is 3.12. The molecule has 0 fully saturated rings. The monoisotopic (exact) mass is 294 g/mol. The third-order valence-corrected chi connectivity index (χ3v) is 3.66. The quantitative estimate of drug-likeness (QED) is 0.778. The lowest BCUT2D eigenvalue weighted by Gasteiger charge is -2.38. The summed E-state index contributed by atoms with van der Waals surface area (Å²) in [5, 5.41) is 0. The van der Waals surface area contributed by atoms with Crippen molar-refractivity contribution in [1.29, 1.82) is 0 Å². The molecule has 0 aliphatic carbocycles. The van der Waals surface area contributed by atoms with Gasteiger partial charge in [0.2, 0.25) is 0 Å². The molecule has 0 saturated heterocycles. The van der Waals surface area contributed by atoms with Gasteiger partial charge in [-0.1, -0.05) is 46.8 Å². The molecular weight excluding hydrogens is 263 g/mol. The van der Waals surface area contributed by atoms with E-state index in [1.54, 1.807) is 12.1 Å². The van der Waals surface area contributed by atoms with Gasteiger partial charge >= 0.3 is 0 Å². The summed E-state index contributed by atoms with van der Waals surface area (Å²) in [6, 6.07) is 7.00. The summed E-state index contributed by atoms with van der Waals surface area (Å²) in [5.74, 6) is 0.933. The molecule has 0 aromatic heterocycles. The van der Waals surface area contributed by atoms with Gasteiger partial charge in [0, 0.05) is 25.2 Å². The molecule has 3 heteroatoms. The van der Waals surface area contributed by atoms with Crippen molar-refractivity contribution in [2.75, 3.05) is 13.1 Å². The maximum absolute atomic E-state index is 13.6. The molecule has 0 saturated carbocycles. The van der Waals surface area contributed by atoms with Gasteiger partial charge in [-0.3, -0.25) is 4.90 Å². The average Bonchev–Trinajstić information content (AvgIpc) is 2.37. The van der Waals surface area contributed by atoms with Gasteiger partial charge in [0.1, 0.15) is 5.82 Å². The Bertz CT molecular complexity index is 407. The smallest absolute Gasteiger partial charge is 0.123 e. The van der Waals surface area contributed by atoms with Crippen LogP contribution in [0.1, 0.15) is 52.6 Å². The number of halogens is 1. The number of benzene rings is 1. The second-order valence-corrected chi connectivity index (χ2v) is 6.81. The second-order valence-electron chi connectivity index (χ2n) is 6.81. The number of hydrogen-bond donors (Lipinski definition) is 1. The van der Waals surface area contributed by atoms with Crippen LogP contribution < -0.4 is 5.73 Å². The van der Waals surface area contributed by atoms with Crippen molar-refractivity contribution in [3.8, 4) is 0 Å². The van der Waals surface area contributed by atoms with Crippen LogP contribution in [0, 0.1) is 17.7 Å². The number of rotatable bonds is 8. The lowest BCUT2D eigenvalue weighted by Crippen LogP contribution is -2.44. The first-order valence-electron chi connectivity index (χ1n) is 8.10. The zero-order chi connectivity index (χ0) is 16.0. The van der Waals surface area contributed by atoms with Gasteiger partial charge in [-0.2, -0.15) is 0 Å². The van der Waals surface area contributed by atoms with Crippen molar-refractivity contribution in [2.45, 2.75) is 53.1 Å². The predicted octanol–water partition coefficient (Wildman–Crippen LogP) is 4.22. The predicted molar refractivity (Wildman–Crippen MR) is 88.7 cm³/mol. The molecule has 0 spiro atoms. The Kier molecular flexibility index (Phi) is 7.33. The van der Waals surface area contributed by atoms with Crippen LogP contribution in [0.25, 0.3) is 0 Å². The summed E-state index contributed by atoms with van der Waals surface area (Å²) in [6.07, 6.45) is 0.883. The first-order valence-corrected chi connectivity index (χ1v) is 8.10. The molecule has 2 atom stereocenters. The Morgan fingerprint density at radius 1 is 1.10 bits per heavy atom. The highest BCUT2D eigenvalue weighted by Gasteiger charge is 2.27. The van der Waals surface area contributed by atoms with Crippen LogP contribution in [-0.4, -0.2) is 24.0 Å². The molecule has 0 heterocycles. The first kappa shape index (κ1) is 18.1.